The fourth-order valence-corrected chi connectivity index (χ4v) is 1.98. The van der Waals surface area contributed by atoms with Gasteiger partial charge in [-0.05, 0) is 30.3 Å². The minimum absolute atomic E-state index is 0.0342. The van der Waals surface area contributed by atoms with Gasteiger partial charge in [0.15, 0.2) is 0 Å². The summed E-state index contributed by atoms with van der Waals surface area (Å²) in [5.41, 5.74) is 0.789. The van der Waals surface area contributed by atoms with Gasteiger partial charge in [0.1, 0.15) is 11.6 Å². The molecule has 0 atom stereocenters. The second-order valence-electron chi connectivity index (χ2n) is 4.06. The molecule has 0 aliphatic rings. The van der Waals surface area contributed by atoms with E-state index in [1.54, 1.807) is 30.3 Å². The number of H-pyrrole nitrogens is 1. The summed E-state index contributed by atoms with van der Waals surface area (Å²) >= 11 is 5.63. The van der Waals surface area contributed by atoms with Crippen LogP contribution in [0, 0.1) is 5.82 Å². The van der Waals surface area contributed by atoms with E-state index in [0.29, 0.717) is 22.3 Å². The Morgan fingerprint density at radius 1 is 1.16 bits per heavy atom. The highest BCUT2D eigenvalue weighted by Crippen LogP contribution is 2.22. The van der Waals surface area contributed by atoms with Crippen molar-refractivity contribution in [3.8, 4) is 11.4 Å². The van der Waals surface area contributed by atoms with Gasteiger partial charge in [-0.15, -0.1) is 0 Å². The first-order valence-corrected chi connectivity index (χ1v) is 5.97. The number of hydrogen-bond donors (Lipinski definition) is 1. The fourth-order valence-electron chi connectivity index (χ4n) is 1.87. The predicted octanol–water partition coefficient (Wildman–Crippen LogP) is 3.38. The first-order chi connectivity index (χ1) is 9.15. The molecule has 94 valence electrons. The first-order valence-electron chi connectivity index (χ1n) is 5.59. The second-order valence-corrected chi connectivity index (χ2v) is 4.47. The van der Waals surface area contributed by atoms with Crippen molar-refractivity contribution in [2.45, 2.75) is 0 Å². The van der Waals surface area contributed by atoms with Gasteiger partial charge in [0.25, 0.3) is 5.56 Å². The fraction of sp³-hybridized carbons (Fsp3) is 0. The largest absolute Gasteiger partial charge is 0.306 e. The summed E-state index contributed by atoms with van der Waals surface area (Å²) in [4.78, 5) is 18.9. The molecular formula is C14H8ClFN2O. The zero-order valence-electron chi connectivity index (χ0n) is 9.65. The maximum absolute atomic E-state index is 13.4. The number of aromatic nitrogens is 2. The van der Waals surface area contributed by atoms with Crippen LogP contribution in [0.4, 0.5) is 4.39 Å². The molecule has 2 aromatic carbocycles. The highest BCUT2D eigenvalue weighted by Gasteiger charge is 2.07. The van der Waals surface area contributed by atoms with Gasteiger partial charge in [0.05, 0.1) is 15.9 Å². The summed E-state index contributed by atoms with van der Waals surface area (Å²) < 4.78 is 13.4. The van der Waals surface area contributed by atoms with E-state index in [-0.39, 0.29) is 10.6 Å². The Morgan fingerprint density at radius 3 is 2.74 bits per heavy atom. The number of para-hydroxylation sites is 1. The lowest BCUT2D eigenvalue weighted by Gasteiger charge is -2.04. The summed E-state index contributed by atoms with van der Waals surface area (Å²) in [5.74, 6) is -0.228. The molecule has 0 amide bonds. The van der Waals surface area contributed by atoms with Crippen LogP contribution in [0.5, 0.6) is 0 Å². The van der Waals surface area contributed by atoms with Crippen LogP contribution in [0.1, 0.15) is 0 Å². The summed E-state index contributed by atoms with van der Waals surface area (Å²) in [6, 6.07) is 11.3. The normalized spacial score (nSPS) is 10.8. The summed E-state index contributed by atoms with van der Waals surface area (Å²) in [5, 5.41) is 0.535. The van der Waals surface area contributed by atoms with Gasteiger partial charge in [0, 0.05) is 5.56 Å². The summed E-state index contributed by atoms with van der Waals surface area (Å²) in [6.07, 6.45) is 0. The van der Waals surface area contributed by atoms with Gasteiger partial charge < -0.3 is 4.98 Å². The SMILES string of the molecule is O=c1[nH]c(-c2ccc(Cl)c(F)c2)nc2ccccc12. The van der Waals surface area contributed by atoms with E-state index in [1.165, 1.54) is 12.1 Å². The number of halogens is 2. The van der Waals surface area contributed by atoms with E-state index in [2.05, 4.69) is 9.97 Å². The number of hydrogen-bond acceptors (Lipinski definition) is 2. The first kappa shape index (κ1) is 11.9. The van der Waals surface area contributed by atoms with Gasteiger partial charge >= 0.3 is 0 Å². The molecule has 3 nitrogen and oxygen atoms in total. The lowest BCUT2D eigenvalue weighted by atomic mass is 10.2. The maximum Gasteiger partial charge on any atom is 0.259 e. The third kappa shape index (κ3) is 2.11. The van der Waals surface area contributed by atoms with E-state index < -0.39 is 5.82 Å². The molecule has 1 N–H and O–H groups in total. The van der Waals surface area contributed by atoms with Gasteiger partial charge in [0.2, 0.25) is 0 Å². The number of rotatable bonds is 1. The molecule has 0 saturated carbocycles. The van der Waals surface area contributed by atoms with E-state index in [0.717, 1.165) is 0 Å². The third-order valence-corrected chi connectivity index (χ3v) is 3.11. The Kier molecular flexibility index (Phi) is 2.80. The molecule has 0 spiro atoms. The quantitative estimate of drug-likeness (QED) is 0.739. The van der Waals surface area contributed by atoms with Crippen LogP contribution in [0.2, 0.25) is 5.02 Å². The van der Waals surface area contributed by atoms with Crippen molar-refractivity contribution < 1.29 is 4.39 Å². The van der Waals surface area contributed by atoms with Crippen molar-refractivity contribution in [2.75, 3.05) is 0 Å². The molecule has 0 radical (unpaired) electrons. The summed E-state index contributed by atoms with van der Waals surface area (Å²) in [6.45, 7) is 0. The van der Waals surface area contributed by atoms with Crippen molar-refractivity contribution in [1.29, 1.82) is 0 Å². The number of nitrogens with zero attached hydrogens (tertiary/aromatic N) is 1. The second kappa shape index (κ2) is 4.48. The highest BCUT2D eigenvalue weighted by atomic mass is 35.5. The number of benzene rings is 2. The van der Waals surface area contributed by atoms with Crippen molar-refractivity contribution in [2.24, 2.45) is 0 Å². The molecule has 3 aromatic rings. The molecule has 5 heteroatoms. The Hall–Kier alpha value is -2.20. The molecule has 1 heterocycles. The average molecular weight is 275 g/mol. The topological polar surface area (TPSA) is 45.8 Å². The monoisotopic (exact) mass is 274 g/mol. The summed E-state index contributed by atoms with van der Waals surface area (Å²) in [7, 11) is 0. The lowest BCUT2D eigenvalue weighted by molar-refractivity contribution is 0.628. The molecule has 0 bridgehead atoms. The van der Waals surface area contributed by atoms with Crippen LogP contribution in [-0.2, 0) is 0 Å². The van der Waals surface area contributed by atoms with Crippen LogP contribution in [0.25, 0.3) is 22.3 Å². The lowest BCUT2D eigenvalue weighted by Crippen LogP contribution is -2.09. The van der Waals surface area contributed by atoms with E-state index in [9.17, 15) is 9.18 Å². The van der Waals surface area contributed by atoms with E-state index in [4.69, 9.17) is 11.6 Å². The molecule has 0 unspecified atom stereocenters. The molecule has 1 aromatic heterocycles. The average Bonchev–Trinajstić information content (AvgIpc) is 2.42. The molecule has 0 fully saturated rings. The Balaban J connectivity index is 2.25. The van der Waals surface area contributed by atoms with Crippen LogP contribution in [0.3, 0.4) is 0 Å². The van der Waals surface area contributed by atoms with E-state index in [1.807, 2.05) is 0 Å². The maximum atomic E-state index is 13.4. The molecule has 3 rings (SSSR count). The smallest absolute Gasteiger partial charge is 0.259 e. The number of fused-ring (bicyclic) bond motifs is 1. The minimum Gasteiger partial charge on any atom is -0.306 e. The van der Waals surface area contributed by atoms with Crippen molar-refractivity contribution >= 4 is 22.5 Å². The van der Waals surface area contributed by atoms with Crippen molar-refractivity contribution in [3.63, 3.8) is 0 Å². The van der Waals surface area contributed by atoms with E-state index >= 15 is 0 Å². The van der Waals surface area contributed by atoms with Crippen LogP contribution in [0.15, 0.2) is 47.3 Å². The zero-order valence-corrected chi connectivity index (χ0v) is 10.4. The van der Waals surface area contributed by atoms with Gasteiger partial charge in [-0.25, -0.2) is 9.37 Å². The van der Waals surface area contributed by atoms with Gasteiger partial charge in [-0.3, -0.25) is 4.79 Å². The Bertz CT molecular complexity index is 829. The zero-order chi connectivity index (χ0) is 13.4. The Labute approximate surface area is 112 Å². The molecular weight excluding hydrogens is 267 g/mol. The van der Waals surface area contributed by atoms with Gasteiger partial charge in [-0.1, -0.05) is 23.7 Å². The Morgan fingerprint density at radius 2 is 1.95 bits per heavy atom. The molecule has 19 heavy (non-hydrogen) atoms. The van der Waals surface area contributed by atoms with Crippen LogP contribution >= 0.6 is 11.6 Å². The van der Waals surface area contributed by atoms with Crippen LogP contribution in [-0.4, -0.2) is 9.97 Å². The highest BCUT2D eigenvalue weighted by molar-refractivity contribution is 6.30. The predicted molar refractivity (Wildman–Crippen MR) is 72.8 cm³/mol. The molecule has 0 saturated heterocycles. The molecule has 0 aliphatic carbocycles. The van der Waals surface area contributed by atoms with Crippen LogP contribution < -0.4 is 5.56 Å². The standard InChI is InChI=1S/C14H8ClFN2O/c15-10-6-5-8(7-11(10)16)13-17-12-4-2-1-3-9(12)14(19)18-13/h1-7H,(H,17,18,19). The minimum atomic E-state index is -0.546. The number of nitrogens with one attached hydrogen (secondary N) is 1. The third-order valence-electron chi connectivity index (χ3n) is 2.81. The molecule has 0 aliphatic heterocycles. The van der Waals surface area contributed by atoms with Gasteiger partial charge in [-0.2, -0.15) is 0 Å². The van der Waals surface area contributed by atoms with Crippen molar-refractivity contribution in [1.82, 2.24) is 9.97 Å². The van der Waals surface area contributed by atoms with Crippen molar-refractivity contribution in [3.05, 3.63) is 63.7 Å². The number of aromatic amines is 1.